The van der Waals surface area contributed by atoms with Crippen LogP contribution in [0.2, 0.25) is 5.02 Å². The molecule has 2 aromatic carbocycles. The topological polar surface area (TPSA) is 38.3 Å². The van der Waals surface area contributed by atoms with Crippen molar-refractivity contribution in [2.24, 2.45) is 0 Å². The molecular weight excluding hydrogens is 330 g/mol. The second-order valence-corrected chi connectivity index (χ2v) is 6.56. The predicted molar refractivity (Wildman–Crippen MR) is 94.2 cm³/mol. The average molecular weight is 346 g/mol. The lowest BCUT2D eigenvalue weighted by molar-refractivity contribution is 0.104. The minimum Gasteiger partial charge on any atom is -0.494 e. The summed E-state index contributed by atoms with van der Waals surface area (Å²) in [6.45, 7) is 3.16. The van der Waals surface area contributed by atoms with Gasteiger partial charge in [0.05, 0.1) is 11.5 Å². The van der Waals surface area contributed by atoms with Crippen LogP contribution in [0.1, 0.15) is 22.8 Å². The number of ketones is 1. The highest BCUT2D eigenvalue weighted by Crippen LogP contribution is 2.41. The summed E-state index contributed by atoms with van der Waals surface area (Å²) in [5.74, 6) is 0.769. The van der Waals surface area contributed by atoms with Gasteiger partial charge in [0.2, 0.25) is 5.78 Å². The van der Waals surface area contributed by atoms with Crippen LogP contribution in [-0.2, 0) is 6.54 Å². The van der Waals surface area contributed by atoms with Crippen LogP contribution in [-0.4, -0.2) is 12.4 Å². The van der Waals surface area contributed by atoms with E-state index >= 15 is 0 Å². The number of Topliss-reactive ketones (excluding diaryl/α,β-unsaturated/α-hetero) is 1. The Labute approximate surface area is 144 Å². The van der Waals surface area contributed by atoms with E-state index in [9.17, 15) is 4.79 Å². The highest BCUT2D eigenvalue weighted by atomic mass is 35.5. The lowest BCUT2D eigenvalue weighted by Gasteiger charge is -2.03. The van der Waals surface area contributed by atoms with E-state index in [1.807, 2.05) is 49.4 Å². The van der Waals surface area contributed by atoms with Crippen molar-refractivity contribution in [2.75, 3.05) is 6.61 Å². The summed E-state index contributed by atoms with van der Waals surface area (Å²) in [6.07, 6.45) is 1.78. The van der Waals surface area contributed by atoms with Crippen molar-refractivity contribution in [2.45, 2.75) is 18.4 Å². The summed E-state index contributed by atoms with van der Waals surface area (Å²) in [6, 6.07) is 13.3. The highest BCUT2D eigenvalue weighted by molar-refractivity contribution is 8.04. The minimum atomic E-state index is 0.0372. The van der Waals surface area contributed by atoms with Crippen LogP contribution >= 0.6 is 23.4 Å². The second-order valence-electron chi connectivity index (χ2n) is 5.04. The van der Waals surface area contributed by atoms with Gasteiger partial charge in [0.15, 0.2) is 0 Å². The molecule has 23 heavy (non-hydrogen) atoms. The molecule has 1 aliphatic rings. The zero-order valence-electron chi connectivity index (χ0n) is 12.6. The van der Waals surface area contributed by atoms with Crippen molar-refractivity contribution in [3.63, 3.8) is 0 Å². The van der Waals surface area contributed by atoms with Crippen LogP contribution in [0.4, 0.5) is 0 Å². The van der Waals surface area contributed by atoms with Crippen molar-refractivity contribution in [3.8, 4) is 5.75 Å². The molecule has 0 fully saturated rings. The second kappa shape index (κ2) is 7.11. The zero-order valence-corrected chi connectivity index (χ0v) is 14.2. The average Bonchev–Trinajstić information content (AvgIpc) is 2.86. The van der Waals surface area contributed by atoms with E-state index in [0.717, 1.165) is 16.2 Å². The van der Waals surface area contributed by atoms with Crippen molar-refractivity contribution < 1.29 is 9.53 Å². The SMILES string of the molecule is CCOc1ccc2c(c1)C(=O)C(=CNCc1ccc(Cl)cc1)S2. The lowest BCUT2D eigenvalue weighted by atomic mass is 10.1. The van der Waals surface area contributed by atoms with Crippen molar-refractivity contribution in [3.05, 3.63) is 69.7 Å². The molecule has 1 heterocycles. The van der Waals surface area contributed by atoms with E-state index in [1.54, 1.807) is 6.20 Å². The van der Waals surface area contributed by atoms with E-state index in [-0.39, 0.29) is 5.78 Å². The molecule has 3 nitrogen and oxygen atoms in total. The van der Waals surface area contributed by atoms with E-state index in [2.05, 4.69) is 5.32 Å². The summed E-state index contributed by atoms with van der Waals surface area (Å²) in [5.41, 5.74) is 1.82. The van der Waals surface area contributed by atoms with Gasteiger partial charge in [-0.05, 0) is 42.8 Å². The monoisotopic (exact) mass is 345 g/mol. The molecule has 0 radical (unpaired) electrons. The number of thioether (sulfide) groups is 1. The van der Waals surface area contributed by atoms with E-state index in [0.29, 0.717) is 28.6 Å². The molecule has 0 unspecified atom stereocenters. The maximum absolute atomic E-state index is 12.4. The predicted octanol–water partition coefficient (Wildman–Crippen LogP) is 4.66. The Morgan fingerprint density at radius 3 is 2.74 bits per heavy atom. The molecule has 1 N–H and O–H groups in total. The first-order valence-corrected chi connectivity index (χ1v) is 8.54. The normalized spacial score (nSPS) is 14.9. The summed E-state index contributed by atoms with van der Waals surface area (Å²) >= 11 is 7.35. The van der Waals surface area contributed by atoms with Gasteiger partial charge in [0.25, 0.3) is 0 Å². The first kappa shape index (κ1) is 16.0. The highest BCUT2D eigenvalue weighted by Gasteiger charge is 2.26. The number of hydrogen-bond donors (Lipinski definition) is 1. The van der Waals surface area contributed by atoms with Gasteiger partial charge >= 0.3 is 0 Å². The fourth-order valence-corrected chi connectivity index (χ4v) is 3.39. The molecule has 0 amide bonds. The van der Waals surface area contributed by atoms with Crippen LogP contribution < -0.4 is 10.1 Å². The maximum atomic E-state index is 12.4. The van der Waals surface area contributed by atoms with Crippen molar-refractivity contribution >= 4 is 29.1 Å². The van der Waals surface area contributed by atoms with Gasteiger partial charge in [-0.3, -0.25) is 4.79 Å². The van der Waals surface area contributed by atoms with E-state index < -0.39 is 0 Å². The van der Waals surface area contributed by atoms with Gasteiger partial charge in [0.1, 0.15) is 5.75 Å². The Morgan fingerprint density at radius 1 is 1.22 bits per heavy atom. The van der Waals surface area contributed by atoms with Crippen molar-refractivity contribution in [1.29, 1.82) is 0 Å². The number of benzene rings is 2. The first-order chi connectivity index (χ1) is 11.2. The molecule has 0 atom stereocenters. The molecule has 0 spiro atoms. The van der Waals surface area contributed by atoms with Crippen LogP contribution in [0.5, 0.6) is 5.75 Å². The summed E-state index contributed by atoms with van der Waals surface area (Å²) in [7, 11) is 0. The number of fused-ring (bicyclic) bond motifs is 1. The number of ether oxygens (including phenoxy) is 1. The van der Waals surface area contributed by atoms with Crippen LogP contribution in [0.15, 0.2) is 58.5 Å². The van der Waals surface area contributed by atoms with Gasteiger partial charge in [0, 0.05) is 28.2 Å². The Balaban J connectivity index is 1.67. The van der Waals surface area contributed by atoms with Crippen molar-refractivity contribution in [1.82, 2.24) is 5.32 Å². The molecule has 0 aliphatic carbocycles. The number of carbonyl (C=O) groups is 1. The number of halogens is 1. The Bertz CT molecular complexity index is 756. The number of allylic oxidation sites excluding steroid dienone is 1. The fraction of sp³-hybridized carbons (Fsp3) is 0.167. The third kappa shape index (κ3) is 3.71. The molecular formula is C18H16ClNO2S. The fourth-order valence-electron chi connectivity index (χ4n) is 2.29. The number of rotatable bonds is 5. The summed E-state index contributed by atoms with van der Waals surface area (Å²) in [4.78, 5) is 14.1. The van der Waals surface area contributed by atoms with Gasteiger partial charge in [-0.25, -0.2) is 0 Å². The van der Waals surface area contributed by atoms with Crippen LogP contribution in [0, 0.1) is 0 Å². The molecule has 3 rings (SSSR count). The largest absolute Gasteiger partial charge is 0.494 e. The van der Waals surface area contributed by atoms with Gasteiger partial charge < -0.3 is 10.1 Å². The molecule has 0 saturated carbocycles. The number of carbonyl (C=O) groups excluding carboxylic acids is 1. The zero-order chi connectivity index (χ0) is 16.2. The van der Waals surface area contributed by atoms with Gasteiger partial charge in [-0.1, -0.05) is 35.5 Å². The number of hydrogen-bond acceptors (Lipinski definition) is 4. The molecule has 5 heteroatoms. The molecule has 0 aromatic heterocycles. The Kier molecular flexibility index (Phi) is 4.94. The first-order valence-electron chi connectivity index (χ1n) is 7.35. The smallest absolute Gasteiger partial charge is 0.202 e. The standard InChI is InChI=1S/C18H16ClNO2S/c1-2-22-14-7-8-16-15(9-14)18(21)17(23-16)11-20-10-12-3-5-13(19)6-4-12/h3-9,11,20H,2,10H2,1H3. The maximum Gasteiger partial charge on any atom is 0.202 e. The number of nitrogens with one attached hydrogen (secondary N) is 1. The summed E-state index contributed by atoms with van der Waals surface area (Å²) < 4.78 is 5.46. The van der Waals surface area contributed by atoms with E-state index in [4.69, 9.17) is 16.3 Å². The molecule has 2 aromatic rings. The Morgan fingerprint density at radius 2 is 2.00 bits per heavy atom. The van der Waals surface area contributed by atoms with Crippen LogP contribution in [0.25, 0.3) is 0 Å². The third-order valence-electron chi connectivity index (χ3n) is 3.40. The quantitative estimate of drug-likeness (QED) is 0.800. The molecule has 0 bridgehead atoms. The van der Waals surface area contributed by atoms with Gasteiger partial charge in [-0.2, -0.15) is 0 Å². The van der Waals surface area contributed by atoms with Crippen LogP contribution in [0.3, 0.4) is 0 Å². The molecule has 118 valence electrons. The summed E-state index contributed by atoms with van der Waals surface area (Å²) in [5, 5.41) is 3.91. The molecule has 1 aliphatic heterocycles. The van der Waals surface area contributed by atoms with Gasteiger partial charge in [-0.15, -0.1) is 0 Å². The third-order valence-corrected chi connectivity index (χ3v) is 4.75. The van der Waals surface area contributed by atoms with E-state index in [1.165, 1.54) is 11.8 Å². The minimum absolute atomic E-state index is 0.0372. The Hall–Kier alpha value is -1.91. The molecule has 0 saturated heterocycles. The lowest BCUT2D eigenvalue weighted by Crippen LogP contribution is -2.07.